The molecule has 1 aromatic carbocycles. The van der Waals surface area contributed by atoms with Crippen LogP contribution in [-0.2, 0) is 0 Å². The van der Waals surface area contributed by atoms with Gasteiger partial charge in [-0.05, 0) is 50.0 Å². The molecule has 17 heavy (non-hydrogen) atoms. The van der Waals surface area contributed by atoms with Gasteiger partial charge in [-0.25, -0.2) is 0 Å². The van der Waals surface area contributed by atoms with E-state index in [2.05, 4.69) is 19.2 Å². The molecule has 2 rings (SSSR count). The summed E-state index contributed by atoms with van der Waals surface area (Å²) >= 11 is 1.80. The van der Waals surface area contributed by atoms with E-state index in [0.29, 0.717) is 5.76 Å². The molecule has 0 aliphatic carbocycles. The number of rotatable bonds is 5. The van der Waals surface area contributed by atoms with Crippen molar-refractivity contribution in [1.29, 1.82) is 0 Å². The number of hydrogen-bond donors (Lipinski definition) is 1. The fourth-order valence-corrected chi connectivity index (χ4v) is 2.37. The Morgan fingerprint density at radius 3 is 2.94 bits per heavy atom. The minimum Gasteiger partial charge on any atom is -0.458 e. The van der Waals surface area contributed by atoms with Crippen LogP contribution in [0.5, 0.6) is 0 Å². The molecule has 1 atom stereocenters. The summed E-state index contributed by atoms with van der Waals surface area (Å²) < 4.78 is 5.66. The molecule has 3 heteroatoms. The number of furan rings is 1. The number of aliphatic hydroxyl groups excluding tert-OH is 1. The van der Waals surface area contributed by atoms with Gasteiger partial charge in [-0.3, -0.25) is 0 Å². The highest BCUT2D eigenvalue weighted by Crippen LogP contribution is 2.27. The van der Waals surface area contributed by atoms with Crippen molar-refractivity contribution in [1.82, 2.24) is 0 Å². The third-order valence-corrected chi connectivity index (χ3v) is 3.54. The van der Waals surface area contributed by atoms with Crippen LogP contribution in [0.2, 0.25) is 0 Å². The number of aryl methyl sites for hydroxylation is 1. The second-order valence-corrected chi connectivity index (χ2v) is 5.33. The summed E-state index contributed by atoms with van der Waals surface area (Å²) in [7, 11) is 0. The van der Waals surface area contributed by atoms with Gasteiger partial charge >= 0.3 is 0 Å². The van der Waals surface area contributed by atoms with Gasteiger partial charge in [-0.1, -0.05) is 11.6 Å². The Morgan fingerprint density at radius 2 is 2.18 bits per heavy atom. The van der Waals surface area contributed by atoms with Gasteiger partial charge < -0.3 is 9.52 Å². The van der Waals surface area contributed by atoms with E-state index in [-0.39, 0.29) is 0 Å². The highest BCUT2D eigenvalue weighted by molar-refractivity contribution is 7.98. The first kappa shape index (κ1) is 12.5. The molecule has 1 aromatic heterocycles. The Kier molecular flexibility index (Phi) is 4.13. The number of fused-ring (bicyclic) bond motifs is 1. The van der Waals surface area contributed by atoms with Crippen molar-refractivity contribution in [3.05, 3.63) is 35.6 Å². The maximum atomic E-state index is 10.0. The van der Waals surface area contributed by atoms with E-state index in [1.54, 1.807) is 11.8 Å². The molecule has 0 spiro atoms. The highest BCUT2D eigenvalue weighted by atomic mass is 32.2. The molecule has 1 N–H and O–H groups in total. The Bertz CT molecular complexity index is 490. The molecule has 0 radical (unpaired) electrons. The van der Waals surface area contributed by atoms with E-state index in [4.69, 9.17) is 4.42 Å². The second kappa shape index (κ2) is 5.61. The lowest BCUT2D eigenvalue weighted by Gasteiger charge is -2.05. The smallest absolute Gasteiger partial charge is 0.134 e. The Morgan fingerprint density at radius 1 is 1.35 bits per heavy atom. The average molecular weight is 250 g/mol. The number of benzene rings is 1. The van der Waals surface area contributed by atoms with Crippen molar-refractivity contribution in [2.45, 2.75) is 25.9 Å². The zero-order valence-electron chi connectivity index (χ0n) is 10.3. The molecule has 0 saturated heterocycles. The van der Waals surface area contributed by atoms with Gasteiger partial charge in [0.15, 0.2) is 0 Å². The van der Waals surface area contributed by atoms with Crippen LogP contribution in [0.3, 0.4) is 0 Å². The molecule has 0 fully saturated rings. The molecule has 0 aliphatic heterocycles. The number of thioether (sulfide) groups is 1. The largest absolute Gasteiger partial charge is 0.458 e. The number of hydrogen-bond acceptors (Lipinski definition) is 3. The van der Waals surface area contributed by atoms with E-state index in [1.165, 1.54) is 5.56 Å². The van der Waals surface area contributed by atoms with Crippen LogP contribution in [0.4, 0.5) is 0 Å². The first-order valence-electron chi connectivity index (χ1n) is 5.88. The zero-order valence-corrected chi connectivity index (χ0v) is 11.1. The van der Waals surface area contributed by atoms with Gasteiger partial charge in [0, 0.05) is 5.39 Å². The SMILES string of the molecule is CSCCCC(O)c1cc2cc(C)ccc2o1. The summed E-state index contributed by atoms with van der Waals surface area (Å²) in [4.78, 5) is 0. The highest BCUT2D eigenvalue weighted by Gasteiger charge is 2.12. The molecule has 0 aliphatic rings. The van der Waals surface area contributed by atoms with Gasteiger partial charge in [-0.2, -0.15) is 11.8 Å². The first-order chi connectivity index (χ1) is 8.20. The van der Waals surface area contributed by atoms with Gasteiger partial charge in [0.1, 0.15) is 17.4 Å². The third-order valence-electron chi connectivity index (χ3n) is 2.85. The molecule has 0 bridgehead atoms. The van der Waals surface area contributed by atoms with Crippen LogP contribution in [0.25, 0.3) is 11.0 Å². The van der Waals surface area contributed by atoms with Crippen molar-refractivity contribution in [3.8, 4) is 0 Å². The molecular formula is C14H18O2S. The lowest BCUT2D eigenvalue weighted by molar-refractivity contribution is 0.142. The van der Waals surface area contributed by atoms with E-state index in [0.717, 1.165) is 29.6 Å². The topological polar surface area (TPSA) is 33.4 Å². The lowest BCUT2D eigenvalue weighted by atomic mass is 10.1. The summed E-state index contributed by atoms with van der Waals surface area (Å²) in [5.74, 6) is 1.77. The fraction of sp³-hybridized carbons (Fsp3) is 0.429. The van der Waals surface area contributed by atoms with Crippen molar-refractivity contribution in [2.75, 3.05) is 12.0 Å². The predicted octanol–water partition coefficient (Wildman–Crippen LogP) is 3.92. The normalized spacial score (nSPS) is 13.1. The molecule has 0 saturated carbocycles. The van der Waals surface area contributed by atoms with Crippen LogP contribution in [0, 0.1) is 6.92 Å². The van der Waals surface area contributed by atoms with Gasteiger partial charge in [0.2, 0.25) is 0 Å². The molecule has 2 aromatic rings. The molecular weight excluding hydrogens is 232 g/mol. The van der Waals surface area contributed by atoms with E-state index >= 15 is 0 Å². The van der Waals surface area contributed by atoms with Crippen LogP contribution in [0.15, 0.2) is 28.7 Å². The van der Waals surface area contributed by atoms with Gasteiger partial charge in [-0.15, -0.1) is 0 Å². The van der Waals surface area contributed by atoms with Gasteiger partial charge in [0.05, 0.1) is 0 Å². The van der Waals surface area contributed by atoms with E-state index < -0.39 is 6.10 Å². The maximum absolute atomic E-state index is 10.0. The minimum atomic E-state index is -0.477. The maximum Gasteiger partial charge on any atom is 0.134 e. The monoisotopic (exact) mass is 250 g/mol. The minimum absolute atomic E-state index is 0.477. The lowest BCUT2D eigenvalue weighted by Crippen LogP contribution is -1.95. The van der Waals surface area contributed by atoms with Crippen molar-refractivity contribution < 1.29 is 9.52 Å². The quantitative estimate of drug-likeness (QED) is 0.817. The van der Waals surface area contributed by atoms with Crippen LogP contribution in [0.1, 0.15) is 30.3 Å². The molecule has 1 heterocycles. The predicted molar refractivity (Wildman–Crippen MR) is 73.5 cm³/mol. The first-order valence-corrected chi connectivity index (χ1v) is 7.27. The van der Waals surface area contributed by atoms with Gasteiger partial charge in [0.25, 0.3) is 0 Å². The molecule has 92 valence electrons. The average Bonchev–Trinajstić information content (AvgIpc) is 2.72. The Hall–Kier alpha value is -0.930. The summed E-state index contributed by atoms with van der Waals surface area (Å²) in [6, 6.07) is 8.02. The van der Waals surface area contributed by atoms with E-state index in [1.807, 2.05) is 18.2 Å². The van der Waals surface area contributed by atoms with E-state index in [9.17, 15) is 5.11 Å². The van der Waals surface area contributed by atoms with Crippen molar-refractivity contribution in [3.63, 3.8) is 0 Å². The van der Waals surface area contributed by atoms with Crippen LogP contribution in [-0.4, -0.2) is 17.1 Å². The zero-order chi connectivity index (χ0) is 12.3. The van der Waals surface area contributed by atoms with Crippen molar-refractivity contribution >= 4 is 22.7 Å². The standard InChI is InChI=1S/C14H18O2S/c1-10-5-6-13-11(8-10)9-14(16-13)12(15)4-3-7-17-2/h5-6,8-9,12,15H,3-4,7H2,1-2H3. The number of aliphatic hydroxyl groups is 1. The van der Waals surface area contributed by atoms with Crippen LogP contribution < -0.4 is 0 Å². The molecule has 2 nitrogen and oxygen atoms in total. The fourth-order valence-electron chi connectivity index (χ4n) is 1.91. The molecule has 1 unspecified atom stereocenters. The van der Waals surface area contributed by atoms with Crippen molar-refractivity contribution in [2.24, 2.45) is 0 Å². The summed E-state index contributed by atoms with van der Waals surface area (Å²) in [5.41, 5.74) is 2.07. The Labute approximate surface area is 106 Å². The molecule has 0 amide bonds. The van der Waals surface area contributed by atoms with Crippen LogP contribution >= 0.6 is 11.8 Å². The summed E-state index contributed by atoms with van der Waals surface area (Å²) in [6.07, 6.45) is 3.38. The Balaban J connectivity index is 2.12. The summed E-state index contributed by atoms with van der Waals surface area (Å²) in [6.45, 7) is 2.06. The second-order valence-electron chi connectivity index (χ2n) is 4.34. The third kappa shape index (κ3) is 3.05. The summed E-state index contributed by atoms with van der Waals surface area (Å²) in [5, 5.41) is 11.1.